The van der Waals surface area contributed by atoms with E-state index in [1.807, 2.05) is 13.8 Å². The van der Waals surface area contributed by atoms with Crippen LogP contribution in [-0.4, -0.2) is 22.8 Å². The third-order valence-electron chi connectivity index (χ3n) is 3.91. The average molecular weight is 418 g/mol. The Balaban J connectivity index is 1.90. The number of benzene rings is 2. The highest BCUT2D eigenvalue weighted by molar-refractivity contribution is 6.30. The van der Waals surface area contributed by atoms with Crippen LogP contribution in [0, 0.1) is 24.0 Å². The molecule has 1 unspecified atom stereocenters. The van der Waals surface area contributed by atoms with E-state index < -0.39 is 22.8 Å². The average Bonchev–Trinajstić information content (AvgIpc) is 2.67. The number of nitrogens with zero attached hydrogens (tertiary/aromatic N) is 1. The van der Waals surface area contributed by atoms with Crippen LogP contribution in [0.1, 0.15) is 23.6 Å². The molecule has 0 saturated carbocycles. The molecule has 29 heavy (non-hydrogen) atoms. The largest absolute Gasteiger partial charge is 0.480 e. The molecule has 2 aromatic rings. The lowest BCUT2D eigenvalue weighted by atomic mass is 10.1. The molecule has 0 radical (unpaired) electrons. The van der Waals surface area contributed by atoms with E-state index in [0.717, 1.165) is 17.2 Å². The number of non-ortho nitro benzene ring substituents is 1. The van der Waals surface area contributed by atoms with Crippen LogP contribution < -0.4 is 15.6 Å². The minimum Gasteiger partial charge on any atom is -0.480 e. The van der Waals surface area contributed by atoms with Gasteiger partial charge in [0.1, 0.15) is 5.75 Å². The summed E-state index contributed by atoms with van der Waals surface area (Å²) >= 11 is 5.98. The first-order valence-corrected chi connectivity index (χ1v) is 9.01. The number of nitrogens with one attached hydrogen (secondary N) is 2. The van der Waals surface area contributed by atoms with Crippen molar-refractivity contribution in [3.63, 3.8) is 0 Å². The number of aryl methyl sites for hydroxylation is 2. The molecule has 1 atom stereocenters. The second-order valence-electron chi connectivity index (χ2n) is 6.29. The lowest BCUT2D eigenvalue weighted by Gasteiger charge is -2.18. The molecule has 2 aromatic carbocycles. The third kappa shape index (κ3) is 6.32. The van der Waals surface area contributed by atoms with Crippen LogP contribution in [0.4, 0.5) is 5.69 Å². The maximum absolute atomic E-state index is 12.2. The van der Waals surface area contributed by atoms with Crippen LogP contribution in [-0.2, 0) is 9.59 Å². The summed E-state index contributed by atoms with van der Waals surface area (Å²) in [6.07, 6.45) is 1.68. The molecule has 0 bridgehead atoms. The first-order chi connectivity index (χ1) is 13.7. The second kappa shape index (κ2) is 9.70. The van der Waals surface area contributed by atoms with Crippen molar-refractivity contribution in [2.45, 2.75) is 26.9 Å². The normalized spacial score (nSPS) is 11.7. The Bertz CT molecular complexity index is 951. The highest BCUT2D eigenvalue weighted by Crippen LogP contribution is 2.27. The molecule has 2 rings (SSSR count). The highest BCUT2D eigenvalue weighted by atomic mass is 35.5. The van der Waals surface area contributed by atoms with E-state index in [2.05, 4.69) is 10.9 Å². The van der Waals surface area contributed by atoms with Crippen molar-refractivity contribution in [3.05, 3.63) is 74.3 Å². The molecule has 0 fully saturated rings. The summed E-state index contributed by atoms with van der Waals surface area (Å²) in [4.78, 5) is 34.3. The van der Waals surface area contributed by atoms with Gasteiger partial charge in [-0.25, -0.2) is 0 Å². The molecular weight excluding hydrogens is 398 g/mol. The zero-order valence-electron chi connectivity index (χ0n) is 16.1. The lowest BCUT2D eigenvalue weighted by Crippen LogP contribution is -2.46. The zero-order valence-corrected chi connectivity index (χ0v) is 16.8. The van der Waals surface area contributed by atoms with Gasteiger partial charge in [0.15, 0.2) is 6.10 Å². The van der Waals surface area contributed by atoms with Gasteiger partial charge in [-0.2, -0.15) is 0 Å². The van der Waals surface area contributed by atoms with Crippen LogP contribution in [0.2, 0.25) is 5.02 Å². The zero-order chi connectivity index (χ0) is 21.6. The summed E-state index contributed by atoms with van der Waals surface area (Å²) in [5.74, 6) is -0.597. The molecule has 0 aliphatic rings. The number of nitro benzene ring substituents is 1. The summed E-state index contributed by atoms with van der Waals surface area (Å²) in [7, 11) is 0. The van der Waals surface area contributed by atoms with Gasteiger partial charge in [-0.15, -0.1) is 0 Å². The maximum atomic E-state index is 12.2. The SMILES string of the molecule is Cc1cc(Cl)cc(C)c1OC(C)C(=O)NNC(=O)/C=C/c1cccc([N+](=O)[O-])c1. The molecule has 0 spiro atoms. The summed E-state index contributed by atoms with van der Waals surface area (Å²) in [5, 5.41) is 11.3. The Morgan fingerprint density at radius 2 is 1.83 bits per heavy atom. The first kappa shape index (κ1) is 21.9. The Morgan fingerprint density at radius 3 is 2.45 bits per heavy atom. The van der Waals surface area contributed by atoms with Crippen LogP contribution in [0.15, 0.2) is 42.5 Å². The van der Waals surface area contributed by atoms with Gasteiger partial charge in [0.2, 0.25) is 0 Å². The van der Waals surface area contributed by atoms with Gasteiger partial charge >= 0.3 is 0 Å². The Labute approximate surface area is 172 Å². The Kier molecular flexibility index (Phi) is 7.33. The number of amides is 2. The van der Waals surface area contributed by atoms with Gasteiger partial charge in [0, 0.05) is 23.2 Å². The van der Waals surface area contributed by atoms with Crippen molar-refractivity contribution in [3.8, 4) is 5.75 Å². The van der Waals surface area contributed by atoms with Gasteiger partial charge in [0.25, 0.3) is 17.5 Å². The summed E-state index contributed by atoms with van der Waals surface area (Å²) in [6, 6.07) is 9.27. The molecule has 0 aromatic heterocycles. The second-order valence-corrected chi connectivity index (χ2v) is 6.73. The topological polar surface area (TPSA) is 111 Å². The van der Waals surface area contributed by atoms with Gasteiger partial charge in [0.05, 0.1) is 4.92 Å². The monoisotopic (exact) mass is 417 g/mol. The molecular formula is C20H20ClN3O5. The van der Waals surface area contributed by atoms with Crippen LogP contribution in [0.25, 0.3) is 6.08 Å². The summed E-state index contributed by atoms with van der Waals surface area (Å²) < 4.78 is 5.69. The minimum atomic E-state index is -0.866. The number of ether oxygens (including phenoxy) is 1. The van der Waals surface area contributed by atoms with E-state index >= 15 is 0 Å². The highest BCUT2D eigenvalue weighted by Gasteiger charge is 2.17. The van der Waals surface area contributed by atoms with Crippen molar-refractivity contribution < 1.29 is 19.2 Å². The van der Waals surface area contributed by atoms with E-state index in [9.17, 15) is 19.7 Å². The Hall–Kier alpha value is -3.39. The van der Waals surface area contributed by atoms with Crippen molar-refractivity contribution in [1.29, 1.82) is 0 Å². The standard InChI is InChI=1S/C20H20ClN3O5/c1-12-9-16(21)10-13(2)19(12)29-14(3)20(26)23-22-18(25)8-7-15-5-4-6-17(11-15)24(27)28/h4-11,14H,1-3H3,(H,22,25)(H,23,26)/b8-7+. The van der Waals surface area contributed by atoms with Gasteiger partial charge < -0.3 is 4.74 Å². The maximum Gasteiger partial charge on any atom is 0.279 e. The number of hydrogen-bond acceptors (Lipinski definition) is 5. The van der Waals surface area contributed by atoms with Gasteiger partial charge in [-0.3, -0.25) is 30.6 Å². The molecule has 0 aliphatic carbocycles. The van der Waals surface area contributed by atoms with Gasteiger partial charge in [-0.1, -0.05) is 23.7 Å². The quantitative estimate of drug-likeness (QED) is 0.424. The number of halogens is 1. The van der Waals surface area contributed by atoms with E-state index in [-0.39, 0.29) is 5.69 Å². The molecule has 152 valence electrons. The predicted molar refractivity (Wildman–Crippen MR) is 109 cm³/mol. The number of nitro groups is 1. The number of rotatable bonds is 6. The number of carbonyl (C=O) groups is 2. The molecule has 0 saturated heterocycles. The fraction of sp³-hybridized carbons (Fsp3) is 0.200. The van der Waals surface area contributed by atoms with Crippen molar-refractivity contribution in [1.82, 2.24) is 10.9 Å². The molecule has 0 heterocycles. The fourth-order valence-corrected chi connectivity index (χ4v) is 2.82. The van der Waals surface area contributed by atoms with E-state index in [4.69, 9.17) is 16.3 Å². The van der Waals surface area contributed by atoms with Gasteiger partial charge in [-0.05, 0) is 55.7 Å². The number of hydrazine groups is 1. The fourth-order valence-electron chi connectivity index (χ4n) is 2.49. The van der Waals surface area contributed by atoms with Crippen LogP contribution in [0.5, 0.6) is 5.75 Å². The van der Waals surface area contributed by atoms with Crippen LogP contribution >= 0.6 is 11.6 Å². The minimum absolute atomic E-state index is 0.0837. The van der Waals surface area contributed by atoms with E-state index in [0.29, 0.717) is 16.3 Å². The molecule has 2 N–H and O–H groups in total. The first-order valence-electron chi connectivity index (χ1n) is 8.63. The van der Waals surface area contributed by atoms with Crippen LogP contribution in [0.3, 0.4) is 0 Å². The van der Waals surface area contributed by atoms with Crippen molar-refractivity contribution >= 4 is 35.2 Å². The Morgan fingerprint density at radius 1 is 1.17 bits per heavy atom. The van der Waals surface area contributed by atoms with Crippen molar-refractivity contribution in [2.24, 2.45) is 0 Å². The molecule has 0 aliphatic heterocycles. The molecule has 8 nitrogen and oxygen atoms in total. The summed E-state index contributed by atoms with van der Waals surface area (Å²) in [5.41, 5.74) is 6.48. The van der Waals surface area contributed by atoms with E-state index in [1.165, 1.54) is 24.3 Å². The third-order valence-corrected chi connectivity index (χ3v) is 4.12. The molecule has 9 heteroatoms. The lowest BCUT2D eigenvalue weighted by molar-refractivity contribution is -0.384. The molecule has 2 amide bonds. The van der Waals surface area contributed by atoms with E-state index in [1.54, 1.807) is 25.1 Å². The number of carbonyl (C=O) groups excluding carboxylic acids is 2. The predicted octanol–water partition coefficient (Wildman–Crippen LogP) is 3.49. The summed E-state index contributed by atoms with van der Waals surface area (Å²) in [6.45, 7) is 5.19. The smallest absolute Gasteiger partial charge is 0.279 e. The van der Waals surface area contributed by atoms with Crippen molar-refractivity contribution in [2.75, 3.05) is 0 Å². The number of hydrogen-bond donors (Lipinski definition) is 2.